The van der Waals surface area contributed by atoms with Gasteiger partial charge in [-0.2, -0.15) is 0 Å². The molecule has 5 rings (SSSR count). The zero-order chi connectivity index (χ0) is 24.4. The second-order valence-electron chi connectivity index (χ2n) is 11.4. The number of hydrogen-bond donors (Lipinski definition) is 2. The fourth-order valence-electron chi connectivity index (χ4n) is 6.25. The maximum absolute atomic E-state index is 13.5. The van der Waals surface area contributed by atoms with Crippen LogP contribution in [0.5, 0.6) is 0 Å². The minimum atomic E-state index is -0.398. The van der Waals surface area contributed by atoms with Crippen molar-refractivity contribution >= 4 is 11.8 Å². The highest BCUT2D eigenvalue weighted by Gasteiger charge is 2.44. The largest absolute Gasteiger partial charge is 0.354 e. The lowest BCUT2D eigenvalue weighted by atomic mass is 9.81. The lowest BCUT2D eigenvalue weighted by Gasteiger charge is -2.43. The van der Waals surface area contributed by atoms with Crippen molar-refractivity contribution in [3.8, 4) is 0 Å². The smallest absolute Gasteiger partial charge is 0.242 e. The Bertz CT molecular complexity index is 885. The van der Waals surface area contributed by atoms with E-state index in [1.807, 2.05) is 17.0 Å². The summed E-state index contributed by atoms with van der Waals surface area (Å²) in [7, 11) is 0. The standard InChI is InChI=1S/C28H41FN4O2/c29-23-8-4-19(5-9-23)18-33(24-10-11-24)25-12-13-32(28(35)22-6-7-22)26(15-25)27(34)31-17-21-3-1-2-20(14-21)16-30/h4-5,8-9,20-22,24-26H,1-3,6-7,10-18,30H2,(H,31,34)/t20?,21?,25?,26-/m1/s1. The van der Waals surface area contributed by atoms with Crippen molar-refractivity contribution in [2.45, 2.75) is 88.9 Å². The van der Waals surface area contributed by atoms with Crippen LogP contribution in [-0.2, 0) is 16.1 Å². The number of nitrogens with one attached hydrogen (secondary N) is 1. The summed E-state index contributed by atoms with van der Waals surface area (Å²) in [6, 6.07) is 7.14. The molecule has 4 aliphatic rings. The van der Waals surface area contributed by atoms with Crippen LogP contribution in [0.4, 0.5) is 4.39 Å². The zero-order valence-corrected chi connectivity index (χ0v) is 20.8. The van der Waals surface area contributed by atoms with Gasteiger partial charge in [-0.1, -0.05) is 18.6 Å². The minimum Gasteiger partial charge on any atom is -0.354 e. The lowest BCUT2D eigenvalue weighted by molar-refractivity contribution is -0.145. The van der Waals surface area contributed by atoms with Gasteiger partial charge in [0.25, 0.3) is 0 Å². The normalized spacial score (nSPS) is 29.3. The first kappa shape index (κ1) is 24.7. The topological polar surface area (TPSA) is 78.7 Å². The third-order valence-corrected chi connectivity index (χ3v) is 8.64. The fraction of sp³-hybridized carbons (Fsp3) is 0.714. The summed E-state index contributed by atoms with van der Waals surface area (Å²) in [5.74, 6) is 1.12. The molecular weight excluding hydrogens is 443 g/mol. The van der Waals surface area contributed by atoms with E-state index < -0.39 is 6.04 Å². The van der Waals surface area contributed by atoms with Gasteiger partial charge in [-0.05, 0) is 93.9 Å². The van der Waals surface area contributed by atoms with Crippen molar-refractivity contribution in [1.82, 2.24) is 15.1 Å². The first-order chi connectivity index (χ1) is 17.0. The van der Waals surface area contributed by atoms with Crippen molar-refractivity contribution < 1.29 is 14.0 Å². The Kier molecular flexibility index (Phi) is 7.73. The molecule has 35 heavy (non-hydrogen) atoms. The molecule has 1 saturated heterocycles. The molecule has 3 N–H and O–H groups in total. The Morgan fingerprint density at radius 1 is 0.971 bits per heavy atom. The molecule has 3 aliphatic carbocycles. The van der Waals surface area contributed by atoms with Crippen LogP contribution in [0, 0.1) is 23.6 Å². The Morgan fingerprint density at radius 2 is 1.71 bits per heavy atom. The molecule has 1 aliphatic heterocycles. The van der Waals surface area contributed by atoms with Gasteiger partial charge in [-0.15, -0.1) is 0 Å². The number of carbonyl (C=O) groups excluding carboxylic acids is 2. The predicted octanol–water partition coefficient (Wildman–Crippen LogP) is 3.44. The van der Waals surface area contributed by atoms with Crippen LogP contribution in [0.2, 0.25) is 0 Å². The van der Waals surface area contributed by atoms with E-state index in [4.69, 9.17) is 5.73 Å². The fourth-order valence-corrected chi connectivity index (χ4v) is 6.25. The summed E-state index contributed by atoms with van der Waals surface area (Å²) < 4.78 is 13.4. The van der Waals surface area contributed by atoms with Gasteiger partial charge in [0, 0.05) is 37.6 Å². The van der Waals surface area contributed by atoms with E-state index in [0.717, 1.165) is 50.8 Å². The van der Waals surface area contributed by atoms with Crippen molar-refractivity contribution in [1.29, 1.82) is 0 Å². The highest BCUT2D eigenvalue weighted by molar-refractivity contribution is 5.89. The molecular formula is C28H41FN4O2. The molecule has 4 fully saturated rings. The van der Waals surface area contributed by atoms with Gasteiger partial charge in [-0.25, -0.2) is 4.39 Å². The van der Waals surface area contributed by atoms with Gasteiger partial charge >= 0.3 is 0 Å². The van der Waals surface area contributed by atoms with E-state index in [0.29, 0.717) is 37.4 Å². The van der Waals surface area contributed by atoms with Gasteiger partial charge < -0.3 is 16.0 Å². The van der Waals surface area contributed by atoms with Gasteiger partial charge in [0.2, 0.25) is 11.8 Å². The van der Waals surface area contributed by atoms with Crippen LogP contribution < -0.4 is 11.1 Å². The van der Waals surface area contributed by atoms with Crippen LogP contribution in [0.25, 0.3) is 0 Å². The first-order valence-electron chi connectivity index (χ1n) is 13.8. The number of benzene rings is 1. The van der Waals surface area contributed by atoms with Crippen LogP contribution in [0.15, 0.2) is 24.3 Å². The molecule has 6 nitrogen and oxygen atoms in total. The van der Waals surface area contributed by atoms with Crippen LogP contribution in [0.3, 0.4) is 0 Å². The average Bonchev–Trinajstić information content (AvgIpc) is 3.80. The van der Waals surface area contributed by atoms with Crippen molar-refractivity contribution in [3.63, 3.8) is 0 Å². The number of halogens is 1. The lowest BCUT2D eigenvalue weighted by Crippen LogP contribution is -2.58. The zero-order valence-electron chi connectivity index (χ0n) is 20.8. The number of nitrogens with two attached hydrogens (primary N) is 1. The van der Waals surface area contributed by atoms with Crippen LogP contribution >= 0.6 is 0 Å². The summed E-state index contributed by atoms with van der Waals surface area (Å²) in [6.07, 6.45) is 10.4. The Labute approximate surface area is 208 Å². The van der Waals surface area contributed by atoms with Gasteiger partial charge in [0.15, 0.2) is 0 Å². The number of hydrogen-bond acceptors (Lipinski definition) is 4. The summed E-state index contributed by atoms with van der Waals surface area (Å²) in [5.41, 5.74) is 7.00. The number of rotatable bonds is 9. The Hall–Kier alpha value is -1.99. The van der Waals surface area contributed by atoms with Crippen LogP contribution in [0.1, 0.15) is 69.8 Å². The van der Waals surface area contributed by atoms with E-state index in [1.165, 1.54) is 37.8 Å². The molecule has 3 saturated carbocycles. The van der Waals surface area contributed by atoms with E-state index >= 15 is 0 Å². The maximum atomic E-state index is 13.5. The number of carbonyl (C=O) groups is 2. The highest BCUT2D eigenvalue weighted by Crippen LogP contribution is 2.37. The number of nitrogens with zero attached hydrogens (tertiary/aromatic N) is 2. The maximum Gasteiger partial charge on any atom is 0.242 e. The molecule has 192 valence electrons. The molecule has 2 amide bonds. The van der Waals surface area contributed by atoms with Crippen molar-refractivity contribution in [3.05, 3.63) is 35.6 Å². The molecule has 3 unspecified atom stereocenters. The van der Waals surface area contributed by atoms with Gasteiger partial charge in [0.1, 0.15) is 11.9 Å². The molecule has 0 radical (unpaired) electrons. The third kappa shape index (κ3) is 6.23. The second kappa shape index (κ2) is 11.0. The van der Waals surface area contributed by atoms with E-state index in [2.05, 4.69) is 10.2 Å². The number of piperidine rings is 1. The summed E-state index contributed by atoms with van der Waals surface area (Å²) in [5, 5.41) is 3.24. The monoisotopic (exact) mass is 484 g/mol. The van der Waals surface area contributed by atoms with Crippen molar-refractivity contribution in [2.24, 2.45) is 23.5 Å². The SMILES string of the molecule is NCC1CCCC(CNC(=O)[C@H]2CC(N(Cc3ccc(F)cc3)C3CC3)CCN2C(=O)C2CC2)C1. The quantitative estimate of drug-likeness (QED) is 0.563. The Morgan fingerprint density at radius 3 is 2.40 bits per heavy atom. The summed E-state index contributed by atoms with van der Waals surface area (Å²) in [6.45, 7) is 2.82. The molecule has 7 heteroatoms. The second-order valence-corrected chi connectivity index (χ2v) is 11.4. The van der Waals surface area contributed by atoms with E-state index in [-0.39, 0.29) is 29.6 Å². The molecule has 4 atom stereocenters. The number of amides is 2. The van der Waals surface area contributed by atoms with Crippen LogP contribution in [-0.4, -0.2) is 59.4 Å². The predicted molar refractivity (Wildman–Crippen MR) is 134 cm³/mol. The third-order valence-electron chi connectivity index (χ3n) is 8.64. The summed E-state index contributed by atoms with van der Waals surface area (Å²) >= 11 is 0. The van der Waals surface area contributed by atoms with E-state index in [1.54, 1.807) is 0 Å². The highest BCUT2D eigenvalue weighted by atomic mass is 19.1. The molecule has 1 heterocycles. The minimum absolute atomic E-state index is 0.0103. The molecule has 1 aromatic carbocycles. The average molecular weight is 485 g/mol. The molecule has 0 spiro atoms. The molecule has 0 bridgehead atoms. The molecule has 1 aromatic rings. The van der Waals surface area contributed by atoms with Gasteiger partial charge in [0.05, 0.1) is 0 Å². The molecule has 0 aromatic heterocycles. The van der Waals surface area contributed by atoms with E-state index in [9.17, 15) is 14.0 Å². The van der Waals surface area contributed by atoms with Crippen molar-refractivity contribution in [2.75, 3.05) is 19.6 Å². The summed E-state index contributed by atoms with van der Waals surface area (Å²) in [4.78, 5) is 31.0. The van der Waals surface area contributed by atoms with Gasteiger partial charge in [-0.3, -0.25) is 14.5 Å². The Balaban J connectivity index is 1.25. The number of likely N-dealkylation sites (tertiary alicyclic amines) is 1. The first-order valence-corrected chi connectivity index (χ1v) is 13.8.